The molecule has 1 aliphatic rings. The molecule has 1 aromatic rings. The van der Waals surface area contributed by atoms with Crippen molar-refractivity contribution in [1.82, 2.24) is 0 Å². The molecular formula is C10H11BrO2. The van der Waals surface area contributed by atoms with Gasteiger partial charge in [-0.25, -0.2) is 0 Å². The summed E-state index contributed by atoms with van der Waals surface area (Å²) in [5.74, 6) is 1.71. The molecule has 0 fully saturated rings. The molecule has 0 spiro atoms. The number of aryl methyl sites for hydroxylation is 1. The van der Waals surface area contributed by atoms with Crippen molar-refractivity contribution in [3.8, 4) is 11.5 Å². The number of benzene rings is 1. The van der Waals surface area contributed by atoms with Crippen molar-refractivity contribution in [2.75, 3.05) is 11.9 Å². The van der Waals surface area contributed by atoms with E-state index in [0.717, 1.165) is 16.8 Å². The van der Waals surface area contributed by atoms with Gasteiger partial charge in [-0.3, -0.25) is 0 Å². The lowest BCUT2D eigenvalue weighted by molar-refractivity contribution is 0.108. The number of rotatable bonds is 1. The summed E-state index contributed by atoms with van der Waals surface area (Å²) in [4.78, 5) is 0. The molecule has 0 aliphatic carbocycles. The predicted octanol–water partition coefficient (Wildman–Crippen LogP) is 2.53. The van der Waals surface area contributed by atoms with Crippen LogP contribution in [0.3, 0.4) is 0 Å². The highest BCUT2D eigenvalue weighted by Crippen LogP contribution is 2.32. The summed E-state index contributed by atoms with van der Waals surface area (Å²) in [6, 6.07) is 5.98. The van der Waals surface area contributed by atoms with E-state index >= 15 is 0 Å². The van der Waals surface area contributed by atoms with Crippen LogP contribution in [0.25, 0.3) is 0 Å². The van der Waals surface area contributed by atoms with E-state index in [-0.39, 0.29) is 6.10 Å². The fraction of sp³-hybridized carbons (Fsp3) is 0.400. The third kappa shape index (κ3) is 1.80. The molecule has 0 radical (unpaired) electrons. The molecule has 1 aromatic carbocycles. The van der Waals surface area contributed by atoms with Crippen molar-refractivity contribution in [3.05, 3.63) is 23.8 Å². The Balaban J connectivity index is 2.26. The standard InChI is InChI=1S/C10H11BrO2/c1-7-2-3-9-10(4-7)12-6-8(5-11)13-9/h2-4,8H,5-6H2,1H3/t8-/m1/s1. The maximum absolute atomic E-state index is 5.66. The minimum Gasteiger partial charge on any atom is -0.486 e. The summed E-state index contributed by atoms with van der Waals surface area (Å²) >= 11 is 3.37. The molecule has 0 N–H and O–H groups in total. The summed E-state index contributed by atoms with van der Waals surface area (Å²) in [6.45, 7) is 2.67. The van der Waals surface area contributed by atoms with Crippen LogP contribution in [-0.2, 0) is 0 Å². The lowest BCUT2D eigenvalue weighted by atomic mass is 10.2. The van der Waals surface area contributed by atoms with Gasteiger partial charge < -0.3 is 9.47 Å². The molecule has 3 heteroatoms. The Hall–Kier alpha value is -0.700. The van der Waals surface area contributed by atoms with E-state index in [9.17, 15) is 0 Å². The monoisotopic (exact) mass is 242 g/mol. The highest BCUT2D eigenvalue weighted by Gasteiger charge is 2.19. The summed E-state index contributed by atoms with van der Waals surface area (Å²) in [5, 5.41) is 0.806. The third-order valence-corrected chi connectivity index (χ3v) is 2.71. The lowest BCUT2D eigenvalue weighted by Crippen LogP contribution is -2.30. The molecule has 2 nitrogen and oxygen atoms in total. The van der Waals surface area contributed by atoms with E-state index in [1.54, 1.807) is 0 Å². The second kappa shape index (κ2) is 3.58. The largest absolute Gasteiger partial charge is 0.486 e. The average molecular weight is 243 g/mol. The number of hydrogen-bond donors (Lipinski definition) is 0. The normalized spacial score (nSPS) is 20.0. The maximum atomic E-state index is 5.66. The molecule has 0 saturated carbocycles. The van der Waals surface area contributed by atoms with Gasteiger partial charge in [-0.05, 0) is 24.6 Å². The Bertz CT molecular complexity index is 312. The summed E-state index contributed by atoms with van der Waals surface area (Å²) in [7, 11) is 0. The van der Waals surface area contributed by atoms with Gasteiger partial charge in [0.05, 0.1) is 0 Å². The van der Waals surface area contributed by atoms with E-state index in [1.807, 2.05) is 25.1 Å². The van der Waals surface area contributed by atoms with Gasteiger partial charge in [-0.2, -0.15) is 0 Å². The van der Waals surface area contributed by atoms with Crippen LogP contribution in [0.2, 0.25) is 0 Å². The van der Waals surface area contributed by atoms with Crippen LogP contribution in [-0.4, -0.2) is 18.0 Å². The van der Waals surface area contributed by atoms with Crippen LogP contribution in [0.1, 0.15) is 5.56 Å². The molecule has 2 rings (SSSR count). The lowest BCUT2D eigenvalue weighted by Gasteiger charge is -2.25. The first kappa shape index (κ1) is 8.88. The first-order valence-corrected chi connectivity index (χ1v) is 5.38. The highest BCUT2D eigenvalue weighted by atomic mass is 79.9. The molecule has 0 aromatic heterocycles. The molecule has 0 bridgehead atoms. The van der Waals surface area contributed by atoms with Gasteiger partial charge in [-0.15, -0.1) is 0 Å². The molecule has 1 atom stereocenters. The van der Waals surface area contributed by atoms with Gasteiger partial charge in [0, 0.05) is 5.33 Å². The van der Waals surface area contributed by atoms with Crippen molar-refractivity contribution in [1.29, 1.82) is 0 Å². The fourth-order valence-corrected chi connectivity index (χ4v) is 1.62. The van der Waals surface area contributed by atoms with E-state index in [2.05, 4.69) is 15.9 Å². The van der Waals surface area contributed by atoms with Crippen LogP contribution >= 0.6 is 15.9 Å². The zero-order valence-corrected chi connectivity index (χ0v) is 9.00. The quantitative estimate of drug-likeness (QED) is 0.705. The highest BCUT2D eigenvalue weighted by molar-refractivity contribution is 9.09. The number of hydrogen-bond acceptors (Lipinski definition) is 2. The number of halogens is 1. The Labute approximate surface area is 86.0 Å². The van der Waals surface area contributed by atoms with Crippen LogP contribution in [0, 0.1) is 6.92 Å². The van der Waals surface area contributed by atoms with Crippen molar-refractivity contribution in [3.63, 3.8) is 0 Å². The summed E-state index contributed by atoms with van der Waals surface area (Å²) in [6.07, 6.45) is 0.134. The summed E-state index contributed by atoms with van der Waals surface area (Å²) < 4.78 is 11.2. The molecule has 1 aliphatic heterocycles. The molecule has 13 heavy (non-hydrogen) atoms. The van der Waals surface area contributed by atoms with Gasteiger partial charge in [0.25, 0.3) is 0 Å². The minimum absolute atomic E-state index is 0.134. The van der Waals surface area contributed by atoms with Crippen LogP contribution in [0.4, 0.5) is 0 Å². The van der Waals surface area contributed by atoms with Gasteiger partial charge in [0.2, 0.25) is 0 Å². The first-order chi connectivity index (χ1) is 6.29. The maximum Gasteiger partial charge on any atom is 0.161 e. The van der Waals surface area contributed by atoms with Gasteiger partial charge in [-0.1, -0.05) is 22.0 Å². The fourth-order valence-electron chi connectivity index (χ4n) is 1.30. The molecule has 0 amide bonds. The van der Waals surface area contributed by atoms with Gasteiger partial charge >= 0.3 is 0 Å². The number of ether oxygens (including phenoxy) is 2. The first-order valence-electron chi connectivity index (χ1n) is 4.25. The SMILES string of the molecule is Cc1ccc2c(c1)OC[C@@H](CBr)O2. The Morgan fingerprint density at radius 3 is 3.08 bits per heavy atom. The molecule has 0 unspecified atom stereocenters. The predicted molar refractivity (Wildman–Crippen MR) is 54.9 cm³/mol. The van der Waals surface area contributed by atoms with Crippen molar-refractivity contribution < 1.29 is 9.47 Å². The second-order valence-electron chi connectivity index (χ2n) is 3.16. The average Bonchev–Trinajstić information content (AvgIpc) is 2.17. The van der Waals surface area contributed by atoms with Gasteiger partial charge in [0.15, 0.2) is 11.5 Å². The molecule has 0 saturated heterocycles. The molecule has 1 heterocycles. The van der Waals surface area contributed by atoms with E-state index < -0.39 is 0 Å². The van der Waals surface area contributed by atoms with Crippen LogP contribution in [0.5, 0.6) is 11.5 Å². The number of alkyl halides is 1. The minimum atomic E-state index is 0.134. The Morgan fingerprint density at radius 1 is 1.46 bits per heavy atom. The van der Waals surface area contributed by atoms with E-state index in [4.69, 9.17) is 9.47 Å². The van der Waals surface area contributed by atoms with Gasteiger partial charge in [0.1, 0.15) is 12.7 Å². The summed E-state index contributed by atoms with van der Waals surface area (Å²) in [5.41, 5.74) is 1.19. The van der Waals surface area contributed by atoms with E-state index in [1.165, 1.54) is 5.56 Å². The van der Waals surface area contributed by atoms with Crippen LogP contribution < -0.4 is 9.47 Å². The number of fused-ring (bicyclic) bond motifs is 1. The molecule has 70 valence electrons. The topological polar surface area (TPSA) is 18.5 Å². The third-order valence-electron chi connectivity index (χ3n) is 1.99. The second-order valence-corrected chi connectivity index (χ2v) is 3.80. The van der Waals surface area contributed by atoms with Crippen molar-refractivity contribution in [2.45, 2.75) is 13.0 Å². The van der Waals surface area contributed by atoms with Crippen molar-refractivity contribution >= 4 is 15.9 Å². The Morgan fingerprint density at radius 2 is 2.31 bits per heavy atom. The smallest absolute Gasteiger partial charge is 0.161 e. The van der Waals surface area contributed by atoms with E-state index in [0.29, 0.717) is 6.61 Å². The van der Waals surface area contributed by atoms with Crippen molar-refractivity contribution in [2.24, 2.45) is 0 Å². The zero-order chi connectivity index (χ0) is 9.26. The van der Waals surface area contributed by atoms with Crippen LogP contribution in [0.15, 0.2) is 18.2 Å². The zero-order valence-electron chi connectivity index (χ0n) is 7.42. The molecular weight excluding hydrogens is 232 g/mol. The Kier molecular flexibility index (Phi) is 2.44.